The minimum absolute atomic E-state index is 0.0961. The average Bonchev–Trinajstić information content (AvgIpc) is 3.44. The number of nitrogens with zero attached hydrogens (tertiary/aromatic N) is 4. The van der Waals surface area contributed by atoms with Gasteiger partial charge in [-0.25, -0.2) is 4.68 Å². The van der Waals surface area contributed by atoms with Crippen molar-refractivity contribution in [2.45, 2.75) is 39.9 Å². The lowest BCUT2D eigenvalue weighted by molar-refractivity contribution is -0.113. The normalized spacial score (nSPS) is 21.2. The third kappa shape index (κ3) is 5.10. The highest BCUT2D eigenvalue weighted by Gasteiger charge is 2.31. The second-order valence-corrected chi connectivity index (χ2v) is 10.1. The molecule has 2 aliphatic rings. The number of hydrogen-bond acceptors (Lipinski definition) is 6. The van der Waals surface area contributed by atoms with Crippen LogP contribution >= 0.6 is 11.8 Å². The predicted octanol–water partition coefficient (Wildman–Crippen LogP) is 5.33. The number of aromatic nitrogens is 2. The van der Waals surface area contributed by atoms with E-state index in [9.17, 15) is 4.79 Å². The largest absolute Gasteiger partial charge is 0.494 e. The Hall–Kier alpha value is -3.36. The van der Waals surface area contributed by atoms with Gasteiger partial charge in [0.25, 0.3) is 5.91 Å². The minimum atomic E-state index is -0.219. The molecule has 0 N–H and O–H groups in total. The molecule has 8 heteroatoms. The molecule has 5 rings (SSSR count). The third-order valence-electron chi connectivity index (χ3n) is 6.10. The number of ether oxygens (including phenoxy) is 2. The molecular weight excluding hydrogens is 472 g/mol. The number of aliphatic imine (C=N–C) groups is 1. The maximum absolute atomic E-state index is 12.9. The lowest BCUT2D eigenvalue weighted by Crippen LogP contribution is -2.47. The number of morpholine rings is 1. The van der Waals surface area contributed by atoms with Gasteiger partial charge in [0.2, 0.25) is 0 Å². The standard InChI is InChI=1S/C28H30N4O3S/c1-5-34-24-12-11-21(13-18(24)2)26-22(17-32(30-26)23-9-7-6-8-10-23)14-25-27(33)29-28(36-25)31-15-19(3)35-20(4)16-31/h6-14,17,19-20H,5,15-16H2,1-4H3. The van der Waals surface area contributed by atoms with E-state index in [0.717, 1.165) is 52.1 Å². The molecule has 0 radical (unpaired) electrons. The Kier molecular flexibility index (Phi) is 6.98. The summed E-state index contributed by atoms with van der Waals surface area (Å²) in [6, 6.07) is 16.0. The van der Waals surface area contributed by atoms with E-state index in [-0.39, 0.29) is 18.1 Å². The van der Waals surface area contributed by atoms with Crippen LogP contribution in [0.25, 0.3) is 23.0 Å². The second kappa shape index (κ2) is 10.3. The van der Waals surface area contributed by atoms with Gasteiger partial charge in [-0.15, -0.1) is 0 Å². The summed E-state index contributed by atoms with van der Waals surface area (Å²) in [5.41, 5.74) is 4.61. The topological polar surface area (TPSA) is 68.9 Å². The Bertz CT molecular complexity index is 1320. The van der Waals surface area contributed by atoms with Crippen molar-refractivity contribution in [1.29, 1.82) is 0 Å². The van der Waals surface area contributed by atoms with Crippen LogP contribution in [-0.2, 0) is 9.53 Å². The van der Waals surface area contributed by atoms with E-state index < -0.39 is 0 Å². The van der Waals surface area contributed by atoms with Gasteiger partial charge in [-0.05, 0) is 81.4 Å². The number of rotatable bonds is 5. The van der Waals surface area contributed by atoms with E-state index >= 15 is 0 Å². The van der Waals surface area contributed by atoms with E-state index in [4.69, 9.17) is 14.6 Å². The molecule has 36 heavy (non-hydrogen) atoms. The molecule has 0 aliphatic carbocycles. The third-order valence-corrected chi connectivity index (χ3v) is 7.14. The Morgan fingerprint density at radius 3 is 2.58 bits per heavy atom. The van der Waals surface area contributed by atoms with Crippen LogP contribution in [0.4, 0.5) is 0 Å². The Morgan fingerprint density at radius 2 is 1.89 bits per heavy atom. The summed E-state index contributed by atoms with van der Waals surface area (Å²) < 4.78 is 13.4. The van der Waals surface area contributed by atoms with Crippen LogP contribution in [0.15, 0.2) is 64.6 Å². The van der Waals surface area contributed by atoms with Crippen molar-refractivity contribution in [2.75, 3.05) is 19.7 Å². The fraction of sp³-hybridized carbons (Fsp3) is 0.321. The van der Waals surface area contributed by atoms with Crippen LogP contribution < -0.4 is 4.74 Å². The van der Waals surface area contributed by atoms with Crippen LogP contribution in [0.5, 0.6) is 5.75 Å². The molecule has 3 aromatic rings. The molecule has 2 aliphatic heterocycles. The molecule has 2 unspecified atom stereocenters. The molecule has 1 saturated heterocycles. The van der Waals surface area contributed by atoms with Crippen molar-refractivity contribution in [3.05, 3.63) is 70.8 Å². The van der Waals surface area contributed by atoms with Gasteiger partial charge in [0.05, 0.1) is 29.4 Å². The number of hydrogen-bond donors (Lipinski definition) is 0. The molecule has 0 bridgehead atoms. The maximum Gasteiger partial charge on any atom is 0.286 e. The number of amides is 1. The molecule has 3 heterocycles. The van der Waals surface area contributed by atoms with Crippen LogP contribution in [-0.4, -0.2) is 57.7 Å². The lowest BCUT2D eigenvalue weighted by Gasteiger charge is -2.35. The molecule has 1 amide bonds. The van der Waals surface area contributed by atoms with E-state index in [2.05, 4.69) is 16.0 Å². The Labute approximate surface area is 215 Å². The first-order valence-electron chi connectivity index (χ1n) is 12.2. The van der Waals surface area contributed by atoms with Crippen molar-refractivity contribution in [3.63, 3.8) is 0 Å². The van der Waals surface area contributed by atoms with E-state index in [1.807, 2.05) is 87.1 Å². The highest BCUT2D eigenvalue weighted by Crippen LogP contribution is 2.35. The van der Waals surface area contributed by atoms with Gasteiger partial charge in [0.15, 0.2) is 5.17 Å². The van der Waals surface area contributed by atoms with Gasteiger partial charge in [-0.1, -0.05) is 18.2 Å². The second-order valence-electron chi connectivity index (χ2n) is 9.10. The number of carbonyl (C=O) groups is 1. The van der Waals surface area contributed by atoms with Gasteiger partial charge in [0, 0.05) is 30.4 Å². The molecular formula is C28H30N4O3S. The SMILES string of the molecule is CCOc1ccc(-c2nn(-c3ccccc3)cc2C=C2SC(N3CC(C)OC(C)C3)=NC2=O)cc1C. The summed E-state index contributed by atoms with van der Waals surface area (Å²) >= 11 is 1.42. The maximum atomic E-state index is 12.9. The van der Waals surface area contributed by atoms with Gasteiger partial charge in [-0.3, -0.25) is 4.79 Å². The highest BCUT2D eigenvalue weighted by atomic mass is 32.2. The van der Waals surface area contributed by atoms with Crippen molar-refractivity contribution in [2.24, 2.45) is 4.99 Å². The molecule has 7 nitrogen and oxygen atoms in total. The van der Waals surface area contributed by atoms with Crippen molar-refractivity contribution < 1.29 is 14.3 Å². The number of thioether (sulfide) groups is 1. The molecule has 1 fully saturated rings. The number of para-hydroxylation sites is 1. The van der Waals surface area contributed by atoms with Gasteiger partial charge < -0.3 is 14.4 Å². The van der Waals surface area contributed by atoms with Crippen molar-refractivity contribution >= 4 is 28.9 Å². The molecule has 2 atom stereocenters. The summed E-state index contributed by atoms with van der Waals surface area (Å²) in [7, 11) is 0. The summed E-state index contributed by atoms with van der Waals surface area (Å²) in [5, 5.41) is 5.65. The van der Waals surface area contributed by atoms with Gasteiger partial charge >= 0.3 is 0 Å². The lowest BCUT2D eigenvalue weighted by atomic mass is 10.0. The first-order valence-corrected chi connectivity index (χ1v) is 13.0. The van der Waals surface area contributed by atoms with E-state index in [0.29, 0.717) is 11.5 Å². The number of carbonyl (C=O) groups excluding carboxylic acids is 1. The van der Waals surface area contributed by atoms with Crippen molar-refractivity contribution in [1.82, 2.24) is 14.7 Å². The molecule has 0 saturated carbocycles. The smallest absolute Gasteiger partial charge is 0.286 e. The van der Waals surface area contributed by atoms with E-state index in [1.165, 1.54) is 11.8 Å². The Morgan fingerprint density at radius 1 is 1.14 bits per heavy atom. The zero-order valence-electron chi connectivity index (χ0n) is 21.0. The van der Waals surface area contributed by atoms with Crippen LogP contribution in [0.3, 0.4) is 0 Å². The van der Waals surface area contributed by atoms with Crippen molar-refractivity contribution in [3.8, 4) is 22.7 Å². The summed E-state index contributed by atoms with van der Waals surface area (Å²) in [4.78, 5) is 20.0. The first-order chi connectivity index (χ1) is 17.4. The number of benzene rings is 2. The van der Waals surface area contributed by atoms with Crippen LogP contribution in [0.1, 0.15) is 31.9 Å². The predicted molar refractivity (Wildman–Crippen MR) is 144 cm³/mol. The fourth-order valence-electron chi connectivity index (χ4n) is 4.55. The summed E-state index contributed by atoms with van der Waals surface area (Å²) in [6.45, 7) is 10.2. The zero-order chi connectivity index (χ0) is 25.2. The first kappa shape index (κ1) is 24.3. The van der Waals surface area contributed by atoms with Crippen LogP contribution in [0, 0.1) is 6.92 Å². The summed E-state index contributed by atoms with van der Waals surface area (Å²) in [5.74, 6) is 0.639. The minimum Gasteiger partial charge on any atom is -0.494 e. The number of aryl methyl sites for hydroxylation is 1. The highest BCUT2D eigenvalue weighted by molar-refractivity contribution is 8.18. The Balaban J connectivity index is 1.50. The number of amidine groups is 1. The van der Waals surface area contributed by atoms with Crippen LogP contribution in [0.2, 0.25) is 0 Å². The van der Waals surface area contributed by atoms with E-state index in [1.54, 1.807) is 0 Å². The molecule has 2 aromatic carbocycles. The quantitative estimate of drug-likeness (QED) is 0.440. The average molecular weight is 503 g/mol. The van der Waals surface area contributed by atoms with Gasteiger partial charge in [-0.2, -0.15) is 10.1 Å². The fourth-order valence-corrected chi connectivity index (χ4v) is 5.48. The van der Waals surface area contributed by atoms with Gasteiger partial charge in [0.1, 0.15) is 11.4 Å². The zero-order valence-corrected chi connectivity index (χ0v) is 21.8. The molecule has 0 spiro atoms. The molecule has 186 valence electrons. The monoisotopic (exact) mass is 502 g/mol. The summed E-state index contributed by atoms with van der Waals surface area (Å²) in [6.07, 6.45) is 4.07. The molecule has 1 aromatic heterocycles.